The zero-order valence-corrected chi connectivity index (χ0v) is 19.1. The maximum Gasteiger partial charge on any atom is 0.247 e. The molecule has 0 bridgehead atoms. The average molecular weight is 458 g/mol. The molecule has 31 heavy (non-hydrogen) atoms. The monoisotopic (exact) mass is 457 g/mol. The first-order chi connectivity index (χ1) is 15.4. The van der Waals surface area contributed by atoms with Crippen molar-refractivity contribution in [2.24, 2.45) is 0 Å². The van der Waals surface area contributed by atoms with Crippen molar-refractivity contribution in [1.82, 2.24) is 15.1 Å². The molecule has 2 aromatic carbocycles. The van der Waals surface area contributed by atoms with E-state index in [2.05, 4.69) is 15.1 Å². The molecule has 0 spiro atoms. The van der Waals surface area contributed by atoms with E-state index in [-0.39, 0.29) is 0 Å². The molecule has 1 aliphatic heterocycles. The normalized spacial score (nSPS) is 14.5. The van der Waals surface area contributed by atoms with Crippen LogP contribution in [0.3, 0.4) is 0 Å². The van der Waals surface area contributed by atoms with E-state index in [1.54, 1.807) is 11.8 Å². The molecule has 0 unspecified atom stereocenters. The highest BCUT2D eigenvalue weighted by molar-refractivity contribution is 7.99. The fourth-order valence-corrected chi connectivity index (χ4v) is 4.75. The molecule has 0 N–H and O–H groups in total. The zero-order valence-electron chi connectivity index (χ0n) is 17.4. The molecule has 2 heterocycles. The Hall–Kier alpha value is -2.16. The van der Waals surface area contributed by atoms with E-state index in [1.165, 1.54) is 11.5 Å². The van der Waals surface area contributed by atoms with Crippen molar-refractivity contribution in [3.63, 3.8) is 0 Å². The molecule has 164 valence electrons. The summed E-state index contributed by atoms with van der Waals surface area (Å²) >= 11 is 3.74. The quantitative estimate of drug-likeness (QED) is 0.391. The highest BCUT2D eigenvalue weighted by atomic mass is 32.2. The lowest BCUT2D eigenvalue weighted by molar-refractivity contribution is 0.222. The van der Waals surface area contributed by atoms with E-state index >= 15 is 0 Å². The van der Waals surface area contributed by atoms with Crippen LogP contribution in [-0.4, -0.2) is 65.2 Å². The molecule has 0 amide bonds. The Morgan fingerprint density at radius 2 is 1.65 bits per heavy atom. The lowest BCUT2D eigenvalue weighted by Crippen LogP contribution is -2.35. The number of ether oxygens (including phenoxy) is 2. The summed E-state index contributed by atoms with van der Waals surface area (Å²) in [6.45, 7) is 4.65. The number of hydrogen-bond donors (Lipinski definition) is 0. The fraction of sp³-hybridized carbons (Fsp3) is 0.391. The minimum atomic E-state index is 0.536. The Morgan fingerprint density at radius 1 is 0.903 bits per heavy atom. The van der Waals surface area contributed by atoms with Crippen molar-refractivity contribution in [1.29, 1.82) is 0 Å². The van der Waals surface area contributed by atoms with Gasteiger partial charge in [-0.05, 0) is 36.4 Å². The third-order valence-electron chi connectivity index (χ3n) is 4.81. The first kappa shape index (κ1) is 22.0. The van der Waals surface area contributed by atoms with Crippen LogP contribution >= 0.6 is 23.5 Å². The standard InChI is InChI=1S/C23H27N3O3S2/c1-2-4-20(5-3-1)28-14-17-31-18-22-24-25-23(29-22)19-6-8-21(9-7-19)27-13-10-26-11-15-30-16-12-26/h1-9H,10-18H2. The zero-order chi connectivity index (χ0) is 21.1. The third kappa shape index (κ3) is 7.19. The van der Waals surface area contributed by atoms with Gasteiger partial charge in [-0.2, -0.15) is 11.8 Å². The summed E-state index contributed by atoms with van der Waals surface area (Å²) in [6.07, 6.45) is 0. The predicted octanol–water partition coefficient (Wildman–Crippen LogP) is 4.48. The van der Waals surface area contributed by atoms with Gasteiger partial charge in [0.2, 0.25) is 11.8 Å². The number of para-hydroxylation sites is 1. The van der Waals surface area contributed by atoms with Crippen molar-refractivity contribution in [3.8, 4) is 23.0 Å². The van der Waals surface area contributed by atoms with E-state index < -0.39 is 0 Å². The number of benzene rings is 2. The SMILES string of the molecule is c1ccc(OCCSCc2nnc(-c3ccc(OCCN4CCSCC4)cc3)o2)cc1. The van der Waals surface area contributed by atoms with Crippen LogP contribution in [0.2, 0.25) is 0 Å². The van der Waals surface area contributed by atoms with Gasteiger partial charge in [0.25, 0.3) is 0 Å². The molecule has 8 heteroatoms. The maximum atomic E-state index is 5.88. The average Bonchev–Trinajstić information content (AvgIpc) is 3.30. The molecule has 1 aliphatic rings. The Morgan fingerprint density at radius 3 is 2.45 bits per heavy atom. The molecule has 0 atom stereocenters. The molecular weight excluding hydrogens is 430 g/mol. The smallest absolute Gasteiger partial charge is 0.247 e. The maximum absolute atomic E-state index is 5.88. The van der Waals surface area contributed by atoms with Gasteiger partial charge < -0.3 is 13.9 Å². The Balaban J connectivity index is 1.17. The van der Waals surface area contributed by atoms with E-state index in [1.807, 2.05) is 66.4 Å². The summed E-state index contributed by atoms with van der Waals surface area (Å²) in [6, 6.07) is 17.7. The summed E-state index contributed by atoms with van der Waals surface area (Å²) < 4.78 is 17.4. The molecule has 3 aromatic rings. The summed E-state index contributed by atoms with van der Waals surface area (Å²) in [5.41, 5.74) is 0.900. The molecule has 0 radical (unpaired) electrons. The van der Waals surface area contributed by atoms with Gasteiger partial charge in [-0.3, -0.25) is 4.90 Å². The largest absolute Gasteiger partial charge is 0.493 e. The second-order valence-electron chi connectivity index (χ2n) is 7.04. The topological polar surface area (TPSA) is 60.6 Å². The molecule has 0 aliphatic carbocycles. The van der Waals surface area contributed by atoms with E-state index in [0.29, 0.717) is 30.7 Å². The van der Waals surface area contributed by atoms with Crippen molar-refractivity contribution < 1.29 is 13.9 Å². The summed E-state index contributed by atoms with van der Waals surface area (Å²) in [7, 11) is 0. The van der Waals surface area contributed by atoms with Gasteiger partial charge in [-0.15, -0.1) is 22.0 Å². The van der Waals surface area contributed by atoms with Crippen LogP contribution in [-0.2, 0) is 5.75 Å². The van der Waals surface area contributed by atoms with Crippen molar-refractivity contribution in [2.45, 2.75) is 5.75 Å². The first-order valence-corrected chi connectivity index (χ1v) is 12.8. The van der Waals surface area contributed by atoms with Gasteiger partial charge in [-0.25, -0.2) is 0 Å². The van der Waals surface area contributed by atoms with E-state index in [4.69, 9.17) is 13.9 Å². The Labute approximate surface area is 191 Å². The molecule has 1 aromatic heterocycles. The third-order valence-corrected chi connectivity index (χ3v) is 6.66. The van der Waals surface area contributed by atoms with E-state index in [9.17, 15) is 0 Å². The lowest BCUT2D eigenvalue weighted by atomic mass is 10.2. The lowest BCUT2D eigenvalue weighted by Gasteiger charge is -2.25. The second-order valence-corrected chi connectivity index (χ2v) is 9.37. The van der Waals surface area contributed by atoms with Crippen LogP contribution in [0.1, 0.15) is 5.89 Å². The highest BCUT2D eigenvalue weighted by Crippen LogP contribution is 2.23. The van der Waals surface area contributed by atoms with Crippen LogP contribution in [0.25, 0.3) is 11.5 Å². The number of thioether (sulfide) groups is 2. The van der Waals surface area contributed by atoms with Gasteiger partial charge in [0, 0.05) is 42.5 Å². The predicted molar refractivity (Wildman–Crippen MR) is 127 cm³/mol. The summed E-state index contributed by atoms with van der Waals surface area (Å²) in [4.78, 5) is 2.46. The molecule has 6 nitrogen and oxygen atoms in total. The molecular formula is C23H27N3O3S2. The summed E-state index contributed by atoms with van der Waals surface area (Å²) in [5.74, 6) is 6.89. The van der Waals surface area contributed by atoms with Crippen LogP contribution in [0.15, 0.2) is 59.0 Å². The van der Waals surface area contributed by atoms with Gasteiger partial charge in [-0.1, -0.05) is 18.2 Å². The first-order valence-electron chi connectivity index (χ1n) is 10.5. The van der Waals surface area contributed by atoms with E-state index in [0.717, 1.165) is 42.4 Å². The van der Waals surface area contributed by atoms with Crippen LogP contribution in [0.4, 0.5) is 0 Å². The highest BCUT2D eigenvalue weighted by Gasteiger charge is 2.11. The van der Waals surface area contributed by atoms with Crippen LogP contribution < -0.4 is 9.47 Å². The fourth-order valence-electron chi connectivity index (χ4n) is 3.13. The number of rotatable bonds is 11. The second kappa shape index (κ2) is 12.0. The summed E-state index contributed by atoms with van der Waals surface area (Å²) in [5, 5.41) is 8.33. The molecule has 0 saturated carbocycles. The molecule has 1 saturated heterocycles. The number of hydrogen-bond acceptors (Lipinski definition) is 8. The van der Waals surface area contributed by atoms with Crippen LogP contribution in [0, 0.1) is 0 Å². The van der Waals surface area contributed by atoms with Gasteiger partial charge in [0.05, 0.1) is 12.4 Å². The van der Waals surface area contributed by atoms with Crippen molar-refractivity contribution >= 4 is 23.5 Å². The minimum absolute atomic E-state index is 0.536. The van der Waals surface area contributed by atoms with Crippen molar-refractivity contribution in [3.05, 3.63) is 60.5 Å². The minimum Gasteiger partial charge on any atom is -0.493 e. The van der Waals surface area contributed by atoms with Crippen molar-refractivity contribution in [2.75, 3.05) is 50.1 Å². The Bertz CT molecular complexity index is 900. The molecule has 1 fully saturated rings. The van der Waals surface area contributed by atoms with Gasteiger partial charge >= 0.3 is 0 Å². The molecule has 4 rings (SSSR count). The van der Waals surface area contributed by atoms with Gasteiger partial charge in [0.15, 0.2) is 0 Å². The van der Waals surface area contributed by atoms with Crippen LogP contribution in [0.5, 0.6) is 11.5 Å². The number of nitrogens with zero attached hydrogens (tertiary/aromatic N) is 3. The number of aromatic nitrogens is 2. The van der Waals surface area contributed by atoms with Gasteiger partial charge in [0.1, 0.15) is 18.1 Å². The Kier molecular flexibility index (Phi) is 8.55.